The van der Waals surface area contributed by atoms with Crippen molar-refractivity contribution in [2.24, 2.45) is 5.92 Å². The maximum atomic E-state index is 2.39. The van der Waals surface area contributed by atoms with Gasteiger partial charge in [-0.05, 0) is 79.7 Å². The molecule has 1 atom stereocenters. The Bertz CT molecular complexity index is 744. The minimum absolute atomic E-state index is 0.528. The molecule has 1 aromatic rings. The molecule has 21 heavy (non-hydrogen) atoms. The fraction of sp³-hybridized carbons (Fsp3) is 0.333. The van der Waals surface area contributed by atoms with Gasteiger partial charge in [-0.1, -0.05) is 42.3 Å². The number of hydrogen-bond acceptors (Lipinski definition) is 0. The second-order valence-electron chi connectivity index (χ2n) is 6.59. The van der Waals surface area contributed by atoms with Gasteiger partial charge in [-0.3, -0.25) is 0 Å². The molecule has 0 fully saturated rings. The van der Waals surface area contributed by atoms with Crippen molar-refractivity contribution >= 4 is 11.6 Å². The highest BCUT2D eigenvalue weighted by Crippen LogP contribution is 2.49. The normalized spacial score (nSPS) is 21.1. The lowest BCUT2D eigenvalue weighted by Gasteiger charge is -2.17. The van der Waals surface area contributed by atoms with Crippen LogP contribution in [0.25, 0.3) is 11.6 Å². The number of benzene rings is 1. The first-order chi connectivity index (χ1) is 9.93. The van der Waals surface area contributed by atoms with E-state index in [0.29, 0.717) is 5.92 Å². The van der Waals surface area contributed by atoms with E-state index in [2.05, 4.69) is 71.9 Å². The molecule has 0 heterocycles. The summed E-state index contributed by atoms with van der Waals surface area (Å²) in [6, 6.07) is 8.76. The molecule has 108 valence electrons. The number of allylic oxidation sites excluding steroid dienone is 7. The molecule has 0 aromatic heterocycles. The summed E-state index contributed by atoms with van der Waals surface area (Å²) in [6.45, 7) is 13.6. The van der Waals surface area contributed by atoms with Crippen molar-refractivity contribution in [3.05, 3.63) is 68.8 Å². The Hall–Kier alpha value is -1.82. The topological polar surface area (TPSA) is 0 Å². The lowest BCUT2D eigenvalue weighted by Crippen LogP contribution is -2.01. The Morgan fingerprint density at radius 2 is 1.62 bits per heavy atom. The van der Waals surface area contributed by atoms with E-state index >= 15 is 0 Å². The quantitative estimate of drug-likeness (QED) is 0.574. The Morgan fingerprint density at radius 1 is 0.952 bits per heavy atom. The summed E-state index contributed by atoms with van der Waals surface area (Å²) in [6.07, 6.45) is 2.39. The molecular formula is C21H24. The van der Waals surface area contributed by atoms with E-state index in [-0.39, 0.29) is 0 Å². The summed E-state index contributed by atoms with van der Waals surface area (Å²) in [7, 11) is 0. The third-order valence-electron chi connectivity index (χ3n) is 5.23. The molecule has 0 spiro atoms. The molecule has 0 amide bonds. The van der Waals surface area contributed by atoms with Crippen LogP contribution in [0, 0.1) is 5.92 Å². The van der Waals surface area contributed by atoms with Crippen LogP contribution in [0.1, 0.15) is 52.7 Å². The lowest BCUT2D eigenvalue weighted by molar-refractivity contribution is 0.831. The highest BCUT2D eigenvalue weighted by molar-refractivity contribution is 6.00. The molecule has 0 saturated heterocycles. The van der Waals surface area contributed by atoms with E-state index in [1.807, 2.05) is 0 Å². The zero-order valence-electron chi connectivity index (χ0n) is 14.0. The predicted molar refractivity (Wildman–Crippen MR) is 92.9 cm³/mol. The van der Waals surface area contributed by atoms with Gasteiger partial charge in [-0.2, -0.15) is 0 Å². The van der Waals surface area contributed by atoms with Crippen LogP contribution >= 0.6 is 0 Å². The van der Waals surface area contributed by atoms with Crippen LogP contribution in [0.15, 0.2) is 57.7 Å². The molecule has 0 nitrogen and oxygen atoms in total. The molecule has 1 unspecified atom stereocenters. The monoisotopic (exact) mass is 276 g/mol. The van der Waals surface area contributed by atoms with Crippen LogP contribution in [0.2, 0.25) is 0 Å². The molecule has 3 rings (SSSR count). The summed E-state index contributed by atoms with van der Waals surface area (Å²) in [5.41, 5.74) is 13.0. The Morgan fingerprint density at radius 3 is 2.19 bits per heavy atom. The fourth-order valence-corrected chi connectivity index (χ4v) is 3.77. The van der Waals surface area contributed by atoms with E-state index < -0.39 is 0 Å². The van der Waals surface area contributed by atoms with E-state index in [4.69, 9.17) is 0 Å². The van der Waals surface area contributed by atoms with Crippen LogP contribution in [-0.4, -0.2) is 0 Å². The molecule has 0 saturated carbocycles. The standard InChI is InChI=1S/C21H24/c1-12(2)20-18-10-8-7-9-17(18)11-19(20)21-15(5)13(3)14(4)16(21)6/h7-11,15H,1-6H3. The lowest BCUT2D eigenvalue weighted by atomic mass is 9.86. The van der Waals surface area contributed by atoms with Crippen molar-refractivity contribution in [3.63, 3.8) is 0 Å². The largest absolute Gasteiger partial charge is 0.0680 e. The van der Waals surface area contributed by atoms with Crippen molar-refractivity contribution in [1.29, 1.82) is 0 Å². The summed E-state index contributed by atoms with van der Waals surface area (Å²) in [4.78, 5) is 0. The minimum Gasteiger partial charge on any atom is -0.0680 e. The third-order valence-corrected chi connectivity index (χ3v) is 5.23. The van der Waals surface area contributed by atoms with Crippen LogP contribution < -0.4 is 0 Å². The average molecular weight is 276 g/mol. The first-order valence-corrected chi connectivity index (χ1v) is 7.81. The SMILES string of the molecule is CC(C)=C1C(C2=C(C)C(C)=C(C)C2C)=Cc2ccccc21. The first kappa shape index (κ1) is 14.1. The summed E-state index contributed by atoms with van der Waals surface area (Å²) in [5, 5.41) is 0. The van der Waals surface area contributed by atoms with Gasteiger partial charge in [0.05, 0.1) is 0 Å². The number of rotatable bonds is 1. The molecule has 0 bridgehead atoms. The van der Waals surface area contributed by atoms with Crippen LogP contribution in [0.3, 0.4) is 0 Å². The van der Waals surface area contributed by atoms with Gasteiger partial charge in [0.15, 0.2) is 0 Å². The van der Waals surface area contributed by atoms with Gasteiger partial charge < -0.3 is 0 Å². The maximum absolute atomic E-state index is 2.39. The summed E-state index contributed by atoms with van der Waals surface area (Å²) >= 11 is 0. The smallest absolute Gasteiger partial charge is 0.00317 e. The van der Waals surface area contributed by atoms with E-state index in [1.165, 1.54) is 50.1 Å². The molecule has 0 N–H and O–H groups in total. The molecule has 2 aliphatic carbocycles. The van der Waals surface area contributed by atoms with Crippen molar-refractivity contribution < 1.29 is 0 Å². The van der Waals surface area contributed by atoms with Crippen LogP contribution in [0.5, 0.6) is 0 Å². The number of hydrogen-bond donors (Lipinski definition) is 0. The van der Waals surface area contributed by atoms with Gasteiger partial charge in [-0.15, -0.1) is 0 Å². The average Bonchev–Trinajstić information content (AvgIpc) is 2.91. The minimum atomic E-state index is 0.528. The summed E-state index contributed by atoms with van der Waals surface area (Å²) in [5.74, 6) is 0.528. The second kappa shape index (κ2) is 4.87. The highest BCUT2D eigenvalue weighted by Gasteiger charge is 2.31. The van der Waals surface area contributed by atoms with E-state index in [1.54, 1.807) is 0 Å². The number of fused-ring (bicyclic) bond motifs is 1. The van der Waals surface area contributed by atoms with Gasteiger partial charge in [0.25, 0.3) is 0 Å². The van der Waals surface area contributed by atoms with Gasteiger partial charge in [0.2, 0.25) is 0 Å². The molecule has 0 radical (unpaired) electrons. The second-order valence-corrected chi connectivity index (χ2v) is 6.59. The van der Waals surface area contributed by atoms with Crippen LogP contribution in [0.4, 0.5) is 0 Å². The zero-order valence-corrected chi connectivity index (χ0v) is 14.0. The Kier molecular flexibility index (Phi) is 3.28. The third kappa shape index (κ3) is 1.97. The first-order valence-electron chi connectivity index (χ1n) is 7.81. The highest BCUT2D eigenvalue weighted by atomic mass is 14.3. The predicted octanol–water partition coefficient (Wildman–Crippen LogP) is 6.18. The Balaban J connectivity index is 2.21. The molecule has 2 aliphatic rings. The van der Waals surface area contributed by atoms with E-state index in [9.17, 15) is 0 Å². The van der Waals surface area contributed by atoms with Crippen LogP contribution in [-0.2, 0) is 0 Å². The van der Waals surface area contributed by atoms with Crippen molar-refractivity contribution in [3.8, 4) is 0 Å². The Labute approximate surface area is 128 Å². The van der Waals surface area contributed by atoms with Gasteiger partial charge in [0.1, 0.15) is 0 Å². The molecular weight excluding hydrogens is 252 g/mol. The van der Waals surface area contributed by atoms with Gasteiger partial charge in [-0.25, -0.2) is 0 Å². The molecule has 0 aliphatic heterocycles. The van der Waals surface area contributed by atoms with Gasteiger partial charge >= 0.3 is 0 Å². The summed E-state index contributed by atoms with van der Waals surface area (Å²) < 4.78 is 0. The van der Waals surface area contributed by atoms with Crippen molar-refractivity contribution in [1.82, 2.24) is 0 Å². The molecule has 0 heteroatoms. The van der Waals surface area contributed by atoms with Gasteiger partial charge in [0, 0.05) is 5.92 Å². The van der Waals surface area contributed by atoms with Crippen molar-refractivity contribution in [2.75, 3.05) is 0 Å². The van der Waals surface area contributed by atoms with E-state index in [0.717, 1.165) is 0 Å². The fourth-order valence-electron chi connectivity index (χ4n) is 3.77. The molecule has 1 aromatic carbocycles. The van der Waals surface area contributed by atoms with Crippen molar-refractivity contribution in [2.45, 2.75) is 41.5 Å². The maximum Gasteiger partial charge on any atom is 0.00317 e. The zero-order chi connectivity index (χ0) is 15.3.